The van der Waals surface area contributed by atoms with Crippen molar-refractivity contribution in [2.75, 3.05) is 47.5 Å². The lowest BCUT2D eigenvalue weighted by Crippen LogP contribution is -2.37. The van der Waals surface area contributed by atoms with E-state index < -0.39 is 26.5 Å². The average molecular weight is 818 g/mol. The fourth-order valence-corrected chi connectivity index (χ4v) is 6.48. The van der Waals surface area contributed by atoms with Gasteiger partial charge >= 0.3 is 5.97 Å². The highest BCUT2D eigenvalue weighted by Gasteiger charge is 2.19. The van der Waals surface area contributed by atoms with Crippen molar-refractivity contribution in [3.05, 3.63) is 85.3 Å². The van der Waals surface area contributed by atoms with Gasteiger partial charge < -0.3 is 27.9 Å². The van der Waals surface area contributed by atoms with Crippen molar-refractivity contribution in [3.63, 3.8) is 0 Å². The third kappa shape index (κ3) is 44.5. The molecule has 9 heteroatoms. The molecule has 0 radical (unpaired) electrons. The molecule has 0 N–H and O–H groups in total. The molecule has 0 bridgehead atoms. The van der Waals surface area contributed by atoms with Gasteiger partial charge in [0.15, 0.2) is 6.10 Å². The Kier molecular flexibility index (Phi) is 38.6. The number of carbonyl (C=O) groups excluding carboxylic acids is 1. The average Bonchev–Trinajstić information content (AvgIpc) is 3.16. The van der Waals surface area contributed by atoms with Crippen LogP contribution in [0, 0.1) is 0 Å². The minimum absolute atomic E-state index is 0.0139. The van der Waals surface area contributed by atoms with E-state index in [9.17, 15) is 14.3 Å². The van der Waals surface area contributed by atoms with Crippen molar-refractivity contribution in [1.29, 1.82) is 0 Å². The summed E-state index contributed by atoms with van der Waals surface area (Å²) in [6.45, 7) is 4.52. The maximum atomic E-state index is 12.5. The van der Waals surface area contributed by atoms with E-state index in [0.717, 1.165) is 19.3 Å². The van der Waals surface area contributed by atoms with Gasteiger partial charge in [-0.25, -0.2) is 4.79 Å². The van der Waals surface area contributed by atoms with E-state index in [0.29, 0.717) is 11.0 Å². The number of phosphoric acid groups is 1. The summed E-state index contributed by atoms with van der Waals surface area (Å²) in [5, 5.41) is 0. The van der Waals surface area contributed by atoms with E-state index in [1.165, 1.54) is 134 Å². The second-order valence-corrected chi connectivity index (χ2v) is 17.4. The molecule has 0 fully saturated rings. The topological polar surface area (TPSA) is 94.1 Å². The fraction of sp³-hybridized carbons (Fsp3) is 0.688. The van der Waals surface area contributed by atoms with Crippen LogP contribution < -0.4 is 4.89 Å². The summed E-state index contributed by atoms with van der Waals surface area (Å²) in [6.07, 6.45) is 54.8. The second kappa shape index (κ2) is 40.3. The zero-order valence-corrected chi connectivity index (χ0v) is 37.9. The molecular weight excluding hydrogens is 734 g/mol. The lowest BCUT2D eigenvalue weighted by atomic mass is 10.0. The number of rotatable bonds is 40. The number of quaternary nitrogens is 1. The molecule has 0 aliphatic heterocycles. The van der Waals surface area contributed by atoms with Gasteiger partial charge in [0, 0.05) is 6.08 Å². The number of esters is 1. The molecule has 0 aliphatic carbocycles. The first kappa shape index (κ1) is 54.5. The number of phosphoric ester groups is 1. The van der Waals surface area contributed by atoms with Crippen LogP contribution in [-0.4, -0.2) is 64.1 Å². The predicted molar refractivity (Wildman–Crippen MR) is 240 cm³/mol. The minimum Gasteiger partial charge on any atom is -0.756 e. The van der Waals surface area contributed by atoms with Crippen molar-refractivity contribution < 1.29 is 37.3 Å². The molecule has 0 amide bonds. The highest BCUT2D eigenvalue weighted by Crippen LogP contribution is 2.38. The Morgan fingerprint density at radius 1 is 0.561 bits per heavy atom. The molecule has 0 spiro atoms. The normalized spacial score (nSPS) is 14.5. The monoisotopic (exact) mass is 818 g/mol. The smallest absolute Gasteiger partial charge is 0.331 e. The predicted octanol–water partition coefficient (Wildman–Crippen LogP) is 13.0. The van der Waals surface area contributed by atoms with Gasteiger partial charge in [-0.2, -0.15) is 0 Å². The molecule has 0 rings (SSSR count). The van der Waals surface area contributed by atoms with Crippen molar-refractivity contribution in [2.24, 2.45) is 0 Å². The maximum Gasteiger partial charge on any atom is 0.331 e. The van der Waals surface area contributed by atoms with Gasteiger partial charge in [0.2, 0.25) is 0 Å². The van der Waals surface area contributed by atoms with Gasteiger partial charge in [0.05, 0.1) is 34.0 Å². The van der Waals surface area contributed by atoms with Crippen LogP contribution in [0.15, 0.2) is 85.3 Å². The molecule has 0 saturated carbocycles. The molecule has 0 saturated heterocycles. The van der Waals surface area contributed by atoms with Gasteiger partial charge in [-0.05, 0) is 31.8 Å². The van der Waals surface area contributed by atoms with Crippen LogP contribution in [0.4, 0.5) is 0 Å². The minimum atomic E-state index is -4.59. The lowest BCUT2D eigenvalue weighted by molar-refractivity contribution is -0.870. The van der Waals surface area contributed by atoms with E-state index in [-0.39, 0.29) is 13.2 Å². The molecular formula is C48H84NO7P. The van der Waals surface area contributed by atoms with Crippen molar-refractivity contribution >= 4 is 13.8 Å². The number of nitrogens with zero attached hydrogens (tertiary/aromatic N) is 1. The molecule has 8 nitrogen and oxygen atoms in total. The molecule has 328 valence electrons. The van der Waals surface area contributed by atoms with Gasteiger partial charge in [0.25, 0.3) is 7.82 Å². The van der Waals surface area contributed by atoms with Gasteiger partial charge in [0.1, 0.15) is 19.8 Å². The number of likely N-dealkylation sites (N-methyl/N-ethyl adjacent to an activating group) is 1. The number of allylic oxidation sites excluding steroid dienone is 12. The van der Waals surface area contributed by atoms with Crippen LogP contribution in [0.25, 0.3) is 0 Å². The largest absolute Gasteiger partial charge is 0.756 e. The Labute approximate surface area is 350 Å². The highest BCUT2D eigenvalue weighted by atomic mass is 31.2. The molecule has 0 aromatic carbocycles. The Balaban J connectivity index is 4.54. The third-order valence-corrected chi connectivity index (χ3v) is 10.2. The van der Waals surface area contributed by atoms with Crippen LogP contribution in [0.5, 0.6) is 0 Å². The van der Waals surface area contributed by atoms with Gasteiger partial charge in [-0.3, -0.25) is 4.57 Å². The van der Waals surface area contributed by atoms with Crippen LogP contribution in [-0.2, 0) is 27.9 Å². The standard InChI is InChI=1S/C48H84NO7P/c1-6-8-10-12-14-16-18-20-22-24-25-26-27-29-31-33-35-37-39-41-48(50)56-47(46-55-57(51,52)54-44-42-49(3,4)5)45-53-43-40-38-36-34-32-30-28-23-21-19-17-15-13-11-9-7-2/h22,24-27,29,31,33,35,37,39-41,43,47H,6-21,23,28,30,32,34,36,38,42,44-46H2,1-5H3/b24-22?,26-25?,29-27?,33-31?,37-35?,41-39?,43-40-/t47-/m1/s1. The Morgan fingerprint density at radius 2 is 0.982 bits per heavy atom. The lowest BCUT2D eigenvalue weighted by Gasteiger charge is -2.28. The number of unbranched alkanes of at least 4 members (excludes halogenated alkanes) is 21. The maximum absolute atomic E-state index is 12.5. The Morgan fingerprint density at radius 3 is 1.46 bits per heavy atom. The molecule has 0 aliphatic rings. The first-order chi connectivity index (χ1) is 27.6. The van der Waals surface area contributed by atoms with Crippen molar-refractivity contribution in [3.8, 4) is 0 Å². The summed E-state index contributed by atoms with van der Waals surface area (Å²) in [4.78, 5) is 24.9. The summed E-state index contributed by atoms with van der Waals surface area (Å²) < 4.78 is 34.0. The Bertz CT molecular complexity index is 1180. The zero-order valence-electron chi connectivity index (χ0n) is 37.0. The first-order valence-corrected chi connectivity index (χ1v) is 23.9. The number of hydrogen-bond acceptors (Lipinski definition) is 7. The summed E-state index contributed by atoms with van der Waals surface area (Å²) in [5.41, 5.74) is 0. The van der Waals surface area contributed by atoms with Gasteiger partial charge in [-0.1, -0.05) is 203 Å². The van der Waals surface area contributed by atoms with Gasteiger partial charge in [-0.15, -0.1) is 0 Å². The van der Waals surface area contributed by atoms with Crippen LogP contribution in [0.2, 0.25) is 0 Å². The van der Waals surface area contributed by atoms with Crippen molar-refractivity contribution in [1.82, 2.24) is 0 Å². The van der Waals surface area contributed by atoms with E-state index >= 15 is 0 Å². The fourth-order valence-electron chi connectivity index (χ4n) is 5.75. The Hall–Kier alpha value is -2.48. The summed E-state index contributed by atoms with van der Waals surface area (Å²) in [5.74, 6) is -0.635. The first-order valence-electron chi connectivity index (χ1n) is 22.5. The third-order valence-electron chi connectivity index (χ3n) is 9.25. The quantitative estimate of drug-likeness (QED) is 0.0116. The SMILES string of the molecule is CCCCCCCCCC=CC=CC=CC=CC=CC=CC(=O)O[C@H](CO/C=C\CCCCCCCCCCCCCCCC)COP(=O)([O-])OCC[N+](C)(C)C. The highest BCUT2D eigenvalue weighted by molar-refractivity contribution is 7.45. The van der Waals surface area contributed by atoms with E-state index in [1.807, 2.05) is 63.7 Å². The summed E-state index contributed by atoms with van der Waals surface area (Å²) in [7, 11) is 1.22. The molecule has 2 atom stereocenters. The second-order valence-electron chi connectivity index (χ2n) is 16.0. The van der Waals surface area contributed by atoms with E-state index in [2.05, 4.69) is 26.0 Å². The molecule has 0 heterocycles. The molecule has 0 aromatic heterocycles. The molecule has 1 unspecified atom stereocenters. The number of hydrogen-bond donors (Lipinski definition) is 0. The van der Waals surface area contributed by atoms with E-state index in [1.54, 1.807) is 24.5 Å². The molecule has 57 heavy (non-hydrogen) atoms. The van der Waals surface area contributed by atoms with E-state index in [4.69, 9.17) is 18.5 Å². The van der Waals surface area contributed by atoms with Crippen LogP contribution in [0.3, 0.4) is 0 Å². The number of carbonyl (C=O) groups is 1. The molecule has 0 aromatic rings. The van der Waals surface area contributed by atoms with Crippen LogP contribution >= 0.6 is 7.82 Å². The summed E-state index contributed by atoms with van der Waals surface area (Å²) >= 11 is 0. The van der Waals surface area contributed by atoms with Crippen molar-refractivity contribution in [2.45, 2.75) is 168 Å². The zero-order chi connectivity index (χ0) is 42.0. The number of ether oxygens (including phenoxy) is 2. The van der Waals surface area contributed by atoms with Crippen LogP contribution in [0.1, 0.15) is 162 Å². The summed E-state index contributed by atoms with van der Waals surface area (Å²) in [6, 6.07) is 0.